The molecule has 4 aliphatic carbocycles. The smallest absolute Gasteiger partial charge is 0.172 e. The summed E-state index contributed by atoms with van der Waals surface area (Å²) in [6.07, 6.45) is 11.1. The Hall–Kier alpha value is -0.670. The molecular formula is C21H30O3. The average Bonchev–Trinajstić information content (AvgIpc) is 3.14. The highest BCUT2D eigenvalue weighted by atomic mass is 16.7. The van der Waals surface area contributed by atoms with Crippen molar-refractivity contribution in [3.8, 4) is 0 Å². The number of carbonyl (C=O) groups excluding carboxylic acids is 1. The normalized spacial score (nSPS) is 49.5. The van der Waals surface area contributed by atoms with Gasteiger partial charge in [0.05, 0.1) is 13.2 Å². The molecule has 1 saturated heterocycles. The standard InChI is InChI=1S/C21H30O3/c1-19-9-10-21(23-11-12-24-21)13-14(19)3-4-15-16-5-6-18(22)20(16,2)8-7-17(15)19/h3,15-17H,4-13H2,1-2H3/t15-,16-,17+,19-,20+/m0/s1. The van der Waals surface area contributed by atoms with E-state index >= 15 is 0 Å². The van der Waals surface area contributed by atoms with E-state index in [1.54, 1.807) is 5.57 Å². The van der Waals surface area contributed by atoms with Crippen LogP contribution in [-0.4, -0.2) is 24.8 Å². The fourth-order valence-corrected chi connectivity index (χ4v) is 7.12. The second-order valence-electron chi connectivity index (χ2n) is 9.46. The Kier molecular flexibility index (Phi) is 3.21. The predicted molar refractivity (Wildman–Crippen MR) is 91.3 cm³/mol. The molecule has 3 heteroatoms. The third-order valence-corrected chi connectivity index (χ3v) is 8.63. The molecule has 5 atom stereocenters. The van der Waals surface area contributed by atoms with Crippen molar-refractivity contribution in [1.29, 1.82) is 0 Å². The zero-order valence-electron chi connectivity index (χ0n) is 15.1. The number of allylic oxidation sites excluding steroid dienone is 1. The number of fused-ring (bicyclic) bond motifs is 5. The highest BCUT2D eigenvalue weighted by Crippen LogP contribution is 2.65. The summed E-state index contributed by atoms with van der Waals surface area (Å²) in [4.78, 5) is 12.5. The summed E-state index contributed by atoms with van der Waals surface area (Å²) in [5.74, 6) is 2.31. The van der Waals surface area contributed by atoms with E-state index in [1.165, 1.54) is 19.3 Å². The molecule has 3 nitrogen and oxygen atoms in total. The van der Waals surface area contributed by atoms with Crippen molar-refractivity contribution >= 4 is 5.78 Å². The summed E-state index contributed by atoms with van der Waals surface area (Å²) in [5.41, 5.74) is 1.87. The van der Waals surface area contributed by atoms with Crippen LogP contribution in [0, 0.1) is 28.6 Å². The van der Waals surface area contributed by atoms with E-state index in [2.05, 4.69) is 19.9 Å². The highest BCUT2D eigenvalue weighted by molar-refractivity contribution is 5.87. The van der Waals surface area contributed by atoms with Crippen LogP contribution in [-0.2, 0) is 14.3 Å². The van der Waals surface area contributed by atoms with Gasteiger partial charge in [0.15, 0.2) is 5.79 Å². The van der Waals surface area contributed by atoms with Crippen molar-refractivity contribution in [1.82, 2.24) is 0 Å². The Morgan fingerprint density at radius 1 is 1.00 bits per heavy atom. The zero-order valence-corrected chi connectivity index (χ0v) is 15.1. The monoisotopic (exact) mass is 330 g/mol. The van der Waals surface area contributed by atoms with Crippen LogP contribution in [0.2, 0.25) is 0 Å². The van der Waals surface area contributed by atoms with E-state index in [4.69, 9.17) is 9.47 Å². The van der Waals surface area contributed by atoms with Crippen LogP contribution in [0.5, 0.6) is 0 Å². The molecule has 5 aliphatic rings. The van der Waals surface area contributed by atoms with Gasteiger partial charge in [0.2, 0.25) is 0 Å². The Morgan fingerprint density at radius 3 is 2.54 bits per heavy atom. The van der Waals surface area contributed by atoms with Crippen LogP contribution in [0.15, 0.2) is 11.6 Å². The summed E-state index contributed by atoms with van der Waals surface area (Å²) in [6, 6.07) is 0. The first-order chi connectivity index (χ1) is 11.5. The maximum absolute atomic E-state index is 12.5. The van der Waals surface area contributed by atoms with Crippen molar-refractivity contribution in [3.05, 3.63) is 11.6 Å². The van der Waals surface area contributed by atoms with E-state index < -0.39 is 0 Å². The Balaban J connectivity index is 1.47. The first kappa shape index (κ1) is 15.6. The average molecular weight is 330 g/mol. The van der Waals surface area contributed by atoms with Gasteiger partial charge >= 0.3 is 0 Å². The van der Waals surface area contributed by atoms with Gasteiger partial charge < -0.3 is 9.47 Å². The molecule has 1 spiro atoms. The van der Waals surface area contributed by atoms with E-state index in [9.17, 15) is 4.79 Å². The molecular weight excluding hydrogens is 300 g/mol. The predicted octanol–water partition coefficient (Wildman–Crippen LogP) is 4.26. The number of ether oxygens (including phenoxy) is 2. The molecule has 1 heterocycles. The van der Waals surface area contributed by atoms with Crippen LogP contribution >= 0.6 is 0 Å². The van der Waals surface area contributed by atoms with Gasteiger partial charge in [-0.15, -0.1) is 0 Å². The van der Waals surface area contributed by atoms with E-state index in [-0.39, 0.29) is 11.2 Å². The van der Waals surface area contributed by atoms with Gasteiger partial charge in [0, 0.05) is 24.7 Å². The third kappa shape index (κ3) is 1.89. The summed E-state index contributed by atoms with van der Waals surface area (Å²) in [5, 5.41) is 0. The summed E-state index contributed by atoms with van der Waals surface area (Å²) in [6.45, 7) is 6.26. The van der Waals surface area contributed by atoms with Gasteiger partial charge in [0.1, 0.15) is 5.78 Å². The molecule has 5 rings (SSSR count). The largest absolute Gasteiger partial charge is 0.347 e. The van der Waals surface area contributed by atoms with Crippen molar-refractivity contribution in [2.24, 2.45) is 28.6 Å². The molecule has 0 aromatic heterocycles. The Labute approximate surface area is 145 Å². The van der Waals surface area contributed by atoms with E-state index in [0.717, 1.165) is 51.2 Å². The molecule has 0 unspecified atom stereocenters. The minimum absolute atomic E-state index is 0.0174. The molecule has 0 aromatic rings. The first-order valence-corrected chi connectivity index (χ1v) is 9.98. The minimum Gasteiger partial charge on any atom is -0.347 e. The van der Waals surface area contributed by atoms with Gasteiger partial charge in [-0.2, -0.15) is 0 Å². The lowest BCUT2D eigenvalue weighted by atomic mass is 9.48. The molecule has 0 radical (unpaired) electrons. The van der Waals surface area contributed by atoms with E-state index in [1.807, 2.05) is 0 Å². The van der Waals surface area contributed by atoms with Crippen LogP contribution in [0.25, 0.3) is 0 Å². The topological polar surface area (TPSA) is 35.5 Å². The van der Waals surface area contributed by atoms with Gasteiger partial charge in [-0.3, -0.25) is 4.79 Å². The number of ketones is 1. The molecule has 0 aromatic carbocycles. The van der Waals surface area contributed by atoms with E-state index in [0.29, 0.717) is 23.0 Å². The molecule has 0 N–H and O–H groups in total. The van der Waals surface area contributed by atoms with Crippen molar-refractivity contribution < 1.29 is 14.3 Å². The first-order valence-electron chi connectivity index (χ1n) is 9.98. The van der Waals surface area contributed by atoms with Crippen LogP contribution < -0.4 is 0 Å². The SMILES string of the molecule is C[C@]12CCC3(CC1=CC[C@@H]1[C@H]2CC[C@@]2(C)C(=O)CC[C@@H]12)OCCO3. The van der Waals surface area contributed by atoms with Crippen LogP contribution in [0.3, 0.4) is 0 Å². The number of Topliss-reactive ketones (excluding diaryl/α,β-unsaturated/α-hetero) is 1. The maximum Gasteiger partial charge on any atom is 0.172 e. The molecule has 4 fully saturated rings. The van der Waals surface area contributed by atoms with Crippen molar-refractivity contribution in [2.75, 3.05) is 13.2 Å². The maximum atomic E-state index is 12.5. The number of hydrogen-bond donors (Lipinski definition) is 0. The highest BCUT2D eigenvalue weighted by Gasteiger charge is 2.60. The van der Waals surface area contributed by atoms with Crippen LogP contribution in [0.4, 0.5) is 0 Å². The lowest BCUT2D eigenvalue weighted by molar-refractivity contribution is -0.185. The van der Waals surface area contributed by atoms with Gasteiger partial charge in [-0.1, -0.05) is 25.5 Å². The second-order valence-corrected chi connectivity index (χ2v) is 9.46. The summed E-state index contributed by atoms with van der Waals surface area (Å²) < 4.78 is 12.0. The van der Waals surface area contributed by atoms with Crippen molar-refractivity contribution in [3.63, 3.8) is 0 Å². The fraction of sp³-hybridized carbons (Fsp3) is 0.857. The molecule has 24 heavy (non-hydrogen) atoms. The molecule has 1 aliphatic heterocycles. The molecule has 0 bridgehead atoms. The van der Waals surface area contributed by atoms with Gasteiger partial charge in [-0.25, -0.2) is 0 Å². The van der Waals surface area contributed by atoms with Crippen LogP contribution in [0.1, 0.15) is 65.2 Å². The van der Waals surface area contributed by atoms with Gasteiger partial charge in [0.25, 0.3) is 0 Å². The number of rotatable bonds is 0. The Bertz CT molecular complexity index is 602. The lowest BCUT2D eigenvalue weighted by Gasteiger charge is -2.57. The summed E-state index contributed by atoms with van der Waals surface area (Å²) >= 11 is 0. The number of carbonyl (C=O) groups is 1. The lowest BCUT2D eigenvalue weighted by Crippen LogP contribution is -2.52. The fourth-order valence-electron chi connectivity index (χ4n) is 7.12. The third-order valence-electron chi connectivity index (χ3n) is 8.63. The second kappa shape index (κ2) is 4.94. The summed E-state index contributed by atoms with van der Waals surface area (Å²) in [7, 11) is 0. The number of hydrogen-bond acceptors (Lipinski definition) is 3. The minimum atomic E-state index is -0.315. The van der Waals surface area contributed by atoms with Gasteiger partial charge in [-0.05, 0) is 55.3 Å². The quantitative estimate of drug-likeness (QED) is 0.623. The van der Waals surface area contributed by atoms with Crippen molar-refractivity contribution in [2.45, 2.75) is 71.0 Å². The molecule has 132 valence electrons. The molecule has 0 amide bonds. The molecule has 3 saturated carbocycles. The zero-order chi connectivity index (χ0) is 16.6. The Morgan fingerprint density at radius 2 is 1.75 bits per heavy atom.